The normalized spacial score (nSPS) is 15.7. The standard InChI is InChI=1S/C13H10BrN3O2/c14-11-5-4-8-9(15-11)2-1-3-10(8)17-7-6-12(18)16-13(17)19/h1-5H,6-7H2,(H,16,18,19). The van der Waals surface area contributed by atoms with Gasteiger partial charge in [-0.2, -0.15) is 0 Å². The van der Waals surface area contributed by atoms with Gasteiger partial charge in [-0.3, -0.25) is 15.0 Å². The zero-order valence-corrected chi connectivity index (χ0v) is 11.5. The van der Waals surface area contributed by atoms with E-state index < -0.39 is 0 Å². The number of urea groups is 1. The van der Waals surface area contributed by atoms with Crippen LogP contribution in [0.4, 0.5) is 10.5 Å². The van der Waals surface area contributed by atoms with Crippen molar-refractivity contribution in [1.29, 1.82) is 0 Å². The van der Waals surface area contributed by atoms with E-state index in [0.29, 0.717) is 13.0 Å². The second kappa shape index (κ2) is 4.62. The molecule has 2 aromatic rings. The van der Waals surface area contributed by atoms with E-state index in [1.807, 2.05) is 30.3 Å². The third-order valence-electron chi connectivity index (χ3n) is 3.02. The number of halogens is 1. The maximum Gasteiger partial charge on any atom is 0.328 e. The summed E-state index contributed by atoms with van der Waals surface area (Å²) in [6.07, 6.45) is 0.312. The fraction of sp³-hybridized carbons (Fsp3) is 0.154. The maximum atomic E-state index is 11.9. The molecule has 0 unspecified atom stereocenters. The zero-order valence-electron chi connectivity index (χ0n) is 9.89. The van der Waals surface area contributed by atoms with Crippen LogP contribution in [-0.4, -0.2) is 23.5 Å². The molecule has 0 aliphatic carbocycles. The molecule has 0 saturated carbocycles. The third kappa shape index (κ3) is 2.19. The molecule has 1 aliphatic rings. The van der Waals surface area contributed by atoms with Crippen LogP contribution in [-0.2, 0) is 4.79 Å². The van der Waals surface area contributed by atoms with E-state index in [9.17, 15) is 9.59 Å². The molecule has 3 rings (SSSR count). The second-order valence-electron chi connectivity index (χ2n) is 4.23. The summed E-state index contributed by atoms with van der Waals surface area (Å²) in [4.78, 5) is 29.0. The molecule has 3 amide bonds. The number of nitrogens with zero attached hydrogens (tertiary/aromatic N) is 2. The predicted octanol–water partition coefficient (Wildman–Crippen LogP) is 2.44. The summed E-state index contributed by atoms with van der Waals surface area (Å²) >= 11 is 3.32. The van der Waals surface area contributed by atoms with Crippen LogP contribution in [0.15, 0.2) is 34.9 Å². The number of rotatable bonds is 1. The van der Waals surface area contributed by atoms with Gasteiger partial charge in [0.25, 0.3) is 0 Å². The number of hydrogen-bond acceptors (Lipinski definition) is 3. The van der Waals surface area contributed by atoms with Crippen molar-refractivity contribution < 1.29 is 9.59 Å². The minimum Gasteiger partial charge on any atom is -0.293 e. The summed E-state index contributed by atoms with van der Waals surface area (Å²) in [6.45, 7) is 0.389. The van der Waals surface area contributed by atoms with Gasteiger partial charge in [-0.15, -0.1) is 0 Å². The number of pyridine rings is 1. The van der Waals surface area contributed by atoms with Gasteiger partial charge in [0, 0.05) is 18.4 Å². The Hall–Kier alpha value is -1.95. The van der Waals surface area contributed by atoms with Crippen molar-refractivity contribution in [3.63, 3.8) is 0 Å². The molecule has 0 radical (unpaired) electrons. The lowest BCUT2D eigenvalue weighted by Gasteiger charge is -2.27. The van der Waals surface area contributed by atoms with Gasteiger partial charge in [0.15, 0.2) is 0 Å². The zero-order chi connectivity index (χ0) is 13.4. The molecule has 2 heterocycles. The van der Waals surface area contributed by atoms with Crippen molar-refractivity contribution in [3.8, 4) is 0 Å². The number of benzene rings is 1. The van der Waals surface area contributed by atoms with Crippen LogP contribution in [0.3, 0.4) is 0 Å². The van der Waals surface area contributed by atoms with Crippen LogP contribution in [0.2, 0.25) is 0 Å². The largest absolute Gasteiger partial charge is 0.328 e. The first-order chi connectivity index (χ1) is 9.15. The fourth-order valence-electron chi connectivity index (χ4n) is 2.14. The van der Waals surface area contributed by atoms with Gasteiger partial charge in [-0.05, 0) is 40.2 Å². The Kier molecular flexibility index (Phi) is 2.94. The number of anilines is 1. The highest BCUT2D eigenvalue weighted by molar-refractivity contribution is 9.10. The Labute approximate surface area is 117 Å². The minimum absolute atomic E-state index is 0.234. The summed E-state index contributed by atoms with van der Waals surface area (Å²) in [5, 5.41) is 3.21. The first-order valence-electron chi connectivity index (χ1n) is 5.82. The molecule has 1 fully saturated rings. The second-order valence-corrected chi connectivity index (χ2v) is 5.05. The monoisotopic (exact) mass is 319 g/mol. The quantitative estimate of drug-likeness (QED) is 0.821. The third-order valence-corrected chi connectivity index (χ3v) is 3.46. The summed E-state index contributed by atoms with van der Waals surface area (Å²) in [6, 6.07) is 8.95. The molecular weight excluding hydrogens is 310 g/mol. The average Bonchev–Trinajstić information content (AvgIpc) is 2.38. The fourth-order valence-corrected chi connectivity index (χ4v) is 2.47. The smallest absolute Gasteiger partial charge is 0.293 e. The predicted molar refractivity (Wildman–Crippen MR) is 74.9 cm³/mol. The Balaban J connectivity index is 2.10. The number of hydrogen-bond donors (Lipinski definition) is 1. The van der Waals surface area contributed by atoms with Gasteiger partial charge < -0.3 is 0 Å². The van der Waals surface area contributed by atoms with Crippen molar-refractivity contribution in [2.24, 2.45) is 0 Å². The molecule has 1 aromatic heterocycles. The highest BCUT2D eigenvalue weighted by atomic mass is 79.9. The van der Waals surface area contributed by atoms with Gasteiger partial charge in [-0.25, -0.2) is 9.78 Å². The number of imide groups is 1. The molecule has 1 saturated heterocycles. The van der Waals surface area contributed by atoms with E-state index in [1.54, 1.807) is 4.90 Å². The lowest BCUT2D eigenvalue weighted by Crippen LogP contribution is -2.49. The molecule has 0 bridgehead atoms. The molecule has 1 aromatic carbocycles. The summed E-state index contributed by atoms with van der Waals surface area (Å²) in [5.41, 5.74) is 1.57. The van der Waals surface area contributed by atoms with E-state index in [1.165, 1.54) is 0 Å². The van der Waals surface area contributed by atoms with Gasteiger partial charge in [0.05, 0.1) is 11.2 Å². The van der Waals surface area contributed by atoms with Crippen LogP contribution in [0.1, 0.15) is 6.42 Å². The lowest BCUT2D eigenvalue weighted by atomic mass is 10.1. The Morgan fingerprint density at radius 3 is 2.84 bits per heavy atom. The summed E-state index contributed by atoms with van der Waals surface area (Å²) in [7, 11) is 0. The number of carbonyl (C=O) groups is 2. The lowest BCUT2D eigenvalue weighted by molar-refractivity contribution is -0.120. The molecule has 1 N–H and O–H groups in total. The van der Waals surface area contributed by atoms with E-state index in [-0.39, 0.29) is 11.9 Å². The highest BCUT2D eigenvalue weighted by Gasteiger charge is 2.25. The molecule has 5 nitrogen and oxygen atoms in total. The van der Waals surface area contributed by atoms with Crippen molar-refractivity contribution >= 4 is 44.5 Å². The van der Waals surface area contributed by atoms with E-state index >= 15 is 0 Å². The van der Waals surface area contributed by atoms with Crippen molar-refractivity contribution in [1.82, 2.24) is 10.3 Å². The molecule has 19 heavy (non-hydrogen) atoms. The van der Waals surface area contributed by atoms with Gasteiger partial charge in [0.1, 0.15) is 4.60 Å². The van der Waals surface area contributed by atoms with E-state index in [0.717, 1.165) is 21.2 Å². The topological polar surface area (TPSA) is 62.3 Å². The Bertz CT molecular complexity index is 687. The van der Waals surface area contributed by atoms with Crippen LogP contribution < -0.4 is 10.2 Å². The average molecular weight is 320 g/mol. The van der Waals surface area contributed by atoms with Gasteiger partial charge >= 0.3 is 6.03 Å². The number of amides is 3. The molecule has 0 spiro atoms. The van der Waals surface area contributed by atoms with Crippen LogP contribution in [0, 0.1) is 0 Å². The van der Waals surface area contributed by atoms with Crippen LogP contribution >= 0.6 is 15.9 Å². The summed E-state index contributed by atoms with van der Waals surface area (Å²) < 4.78 is 0.746. The van der Waals surface area contributed by atoms with Crippen molar-refractivity contribution in [2.75, 3.05) is 11.4 Å². The van der Waals surface area contributed by atoms with Gasteiger partial charge in [-0.1, -0.05) is 6.07 Å². The van der Waals surface area contributed by atoms with Crippen molar-refractivity contribution in [2.45, 2.75) is 6.42 Å². The Morgan fingerprint density at radius 1 is 1.21 bits per heavy atom. The van der Waals surface area contributed by atoms with E-state index in [4.69, 9.17) is 0 Å². The first-order valence-corrected chi connectivity index (χ1v) is 6.61. The Morgan fingerprint density at radius 2 is 2.05 bits per heavy atom. The molecular formula is C13H10BrN3O2. The number of aromatic nitrogens is 1. The van der Waals surface area contributed by atoms with Crippen LogP contribution in [0.5, 0.6) is 0 Å². The SMILES string of the molecule is O=C1CCN(c2cccc3nc(Br)ccc23)C(=O)N1. The molecule has 0 atom stereocenters. The number of nitrogens with one attached hydrogen (secondary N) is 1. The molecule has 96 valence electrons. The first kappa shape index (κ1) is 12.1. The molecule has 1 aliphatic heterocycles. The number of carbonyl (C=O) groups excluding carboxylic acids is 2. The number of fused-ring (bicyclic) bond motifs is 1. The van der Waals surface area contributed by atoms with E-state index in [2.05, 4.69) is 26.2 Å². The summed E-state index contributed by atoms with van der Waals surface area (Å²) in [5.74, 6) is -0.234. The van der Waals surface area contributed by atoms with Crippen molar-refractivity contribution in [3.05, 3.63) is 34.9 Å². The van der Waals surface area contributed by atoms with Gasteiger partial charge in [0.2, 0.25) is 5.91 Å². The maximum absolute atomic E-state index is 11.9. The van der Waals surface area contributed by atoms with Crippen LogP contribution in [0.25, 0.3) is 10.9 Å². The minimum atomic E-state index is -0.383. The highest BCUT2D eigenvalue weighted by Crippen LogP contribution is 2.28. The molecule has 6 heteroatoms.